The van der Waals surface area contributed by atoms with Gasteiger partial charge in [0.15, 0.2) is 0 Å². The van der Waals surface area contributed by atoms with E-state index in [1.165, 1.54) is 4.90 Å². The van der Waals surface area contributed by atoms with Crippen LogP contribution in [0.1, 0.15) is 0 Å². The zero-order valence-electron chi connectivity index (χ0n) is 7.02. The molecule has 0 saturated heterocycles. The third-order valence-corrected chi connectivity index (χ3v) is 1.22. The summed E-state index contributed by atoms with van der Waals surface area (Å²) in [7, 11) is 3.26. The number of pyridine rings is 1. The molecule has 4 heteroatoms. The van der Waals surface area contributed by atoms with Gasteiger partial charge in [0, 0.05) is 26.5 Å². The van der Waals surface area contributed by atoms with Crippen LogP contribution in [0.15, 0.2) is 24.5 Å². The van der Waals surface area contributed by atoms with Crippen LogP contribution in [0.5, 0.6) is 5.75 Å². The number of nitrogens with zero attached hydrogens (tertiary/aromatic N) is 2. The maximum Gasteiger partial charge on any atom is 0.414 e. The van der Waals surface area contributed by atoms with Crippen molar-refractivity contribution in [3.8, 4) is 5.75 Å². The molecular weight excluding hydrogens is 156 g/mol. The van der Waals surface area contributed by atoms with Gasteiger partial charge >= 0.3 is 6.09 Å². The van der Waals surface area contributed by atoms with Crippen LogP contribution in [0, 0.1) is 0 Å². The van der Waals surface area contributed by atoms with Gasteiger partial charge in [0.2, 0.25) is 0 Å². The number of carbonyl (C=O) groups excluding carboxylic acids is 1. The summed E-state index contributed by atoms with van der Waals surface area (Å²) in [6.45, 7) is 0. The molecule has 1 heterocycles. The van der Waals surface area contributed by atoms with E-state index in [0.29, 0.717) is 5.75 Å². The molecule has 0 N–H and O–H groups in total. The Balaban J connectivity index is 2.59. The van der Waals surface area contributed by atoms with Gasteiger partial charge in [-0.2, -0.15) is 0 Å². The standard InChI is InChI=1S/C8H10N2O2/c1-10(2)8(11)12-7-3-5-9-6-4-7/h3-6H,1-2H3. The molecule has 0 fully saturated rings. The van der Waals surface area contributed by atoms with E-state index in [2.05, 4.69) is 4.98 Å². The minimum atomic E-state index is -0.388. The lowest BCUT2D eigenvalue weighted by molar-refractivity contribution is 0.172. The molecule has 12 heavy (non-hydrogen) atoms. The van der Waals surface area contributed by atoms with Crippen molar-refractivity contribution < 1.29 is 9.53 Å². The van der Waals surface area contributed by atoms with E-state index in [4.69, 9.17) is 4.74 Å². The van der Waals surface area contributed by atoms with Crippen molar-refractivity contribution in [3.05, 3.63) is 24.5 Å². The highest BCUT2D eigenvalue weighted by molar-refractivity contribution is 5.69. The summed E-state index contributed by atoms with van der Waals surface area (Å²) < 4.78 is 4.92. The molecule has 1 aromatic heterocycles. The topological polar surface area (TPSA) is 42.4 Å². The van der Waals surface area contributed by atoms with Crippen LogP contribution in [0.25, 0.3) is 0 Å². The maximum atomic E-state index is 11.0. The smallest absolute Gasteiger partial charge is 0.410 e. The molecule has 0 aliphatic carbocycles. The number of rotatable bonds is 1. The molecule has 0 spiro atoms. The quantitative estimate of drug-likeness (QED) is 0.628. The van der Waals surface area contributed by atoms with Gasteiger partial charge in [-0.25, -0.2) is 4.79 Å². The summed E-state index contributed by atoms with van der Waals surface area (Å²) >= 11 is 0. The summed E-state index contributed by atoms with van der Waals surface area (Å²) in [5.74, 6) is 0.503. The molecule has 0 radical (unpaired) electrons. The first kappa shape index (κ1) is 8.52. The zero-order valence-corrected chi connectivity index (χ0v) is 7.02. The third-order valence-electron chi connectivity index (χ3n) is 1.22. The van der Waals surface area contributed by atoms with E-state index in [-0.39, 0.29) is 6.09 Å². The first-order valence-electron chi connectivity index (χ1n) is 3.49. The molecule has 0 aliphatic heterocycles. The molecule has 4 nitrogen and oxygen atoms in total. The first-order chi connectivity index (χ1) is 5.70. The summed E-state index contributed by atoms with van der Waals surface area (Å²) in [6, 6.07) is 3.25. The number of aromatic nitrogens is 1. The largest absolute Gasteiger partial charge is 0.414 e. The SMILES string of the molecule is CN(C)C(=O)Oc1ccncc1. The van der Waals surface area contributed by atoms with Crippen molar-refractivity contribution >= 4 is 6.09 Å². The molecule has 0 aliphatic rings. The highest BCUT2D eigenvalue weighted by atomic mass is 16.6. The Morgan fingerprint density at radius 1 is 1.42 bits per heavy atom. The van der Waals surface area contributed by atoms with Crippen LogP contribution in [0.4, 0.5) is 4.79 Å². The lowest BCUT2D eigenvalue weighted by Crippen LogP contribution is -2.25. The van der Waals surface area contributed by atoms with Gasteiger partial charge in [0.25, 0.3) is 0 Å². The molecular formula is C8H10N2O2. The fourth-order valence-corrected chi connectivity index (χ4v) is 0.598. The Kier molecular flexibility index (Phi) is 2.63. The van der Waals surface area contributed by atoms with Crippen molar-refractivity contribution in [2.45, 2.75) is 0 Å². The van der Waals surface area contributed by atoms with Crippen molar-refractivity contribution in [3.63, 3.8) is 0 Å². The Bertz CT molecular complexity index is 259. The van der Waals surface area contributed by atoms with Crippen LogP contribution in [-0.2, 0) is 0 Å². The summed E-state index contributed by atoms with van der Waals surface area (Å²) in [6.07, 6.45) is 2.75. The fourth-order valence-electron chi connectivity index (χ4n) is 0.598. The summed E-state index contributed by atoms with van der Waals surface area (Å²) in [4.78, 5) is 16.1. The van der Waals surface area contributed by atoms with Gasteiger partial charge in [0.05, 0.1) is 0 Å². The fraction of sp³-hybridized carbons (Fsp3) is 0.250. The van der Waals surface area contributed by atoms with E-state index < -0.39 is 0 Å². The predicted octanol–water partition coefficient (Wildman–Crippen LogP) is 1.14. The molecule has 0 saturated carbocycles. The van der Waals surface area contributed by atoms with E-state index in [9.17, 15) is 4.79 Å². The molecule has 0 unspecified atom stereocenters. The number of hydrogen-bond donors (Lipinski definition) is 0. The molecule has 64 valence electrons. The molecule has 0 bridgehead atoms. The minimum absolute atomic E-state index is 0.388. The third kappa shape index (κ3) is 2.23. The van der Waals surface area contributed by atoms with Crippen molar-refractivity contribution in [1.82, 2.24) is 9.88 Å². The number of amides is 1. The average molecular weight is 166 g/mol. The Labute approximate surface area is 70.8 Å². The highest BCUT2D eigenvalue weighted by Gasteiger charge is 2.04. The Hall–Kier alpha value is -1.58. The first-order valence-corrected chi connectivity index (χ1v) is 3.49. The van der Waals surface area contributed by atoms with Crippen molar-refractivity contribution in [1.29, 1.82) is 0 Å². The minimum Gasteiger partial charge on any atom is -0.410 e. The van der Waals surface area contributed by atoms with E-state index in [1.807, 2.05) is 0 Å². The normalized spacial score (nSPS) is 9.17. The van der Waals surface area contributed by atoms with Crippen LogP contribution in [0.3, 0.4) is 0 Å². The number of carbonyl (C=O) groups is 1. The number of ether oxygens (including phenoxy) is 1. The second-order valence-electron chi connectivity index (χ2n) is 2.45. The summed E-state index contributed by atoms with van der Waals surface area (Å²) in [5, 5.41) is 0. The highest BCUT2D eigenvalue weighted by Crippen LogP contribution is 2.07. The Morgan fingerprint density at radius 2 is 2.00 bits per heavy atom. The average Bonchev–Trinajstić information content (AvgIpc) is 2.06. The van der Waals surface area contributed by atoms with Gasteiger partial charge in [-0.15, -0.1) is 0 Å². The van der Waals surface area contributed by atoms with Gasteiger partial charge in [-0.3, -0.25) is 4.98 Å². The van der Waals surface area contributed by atoms with Gasteiger partial charge in [-0.1, -0.05) is 0 Å². The molecule has 0 aromatic carbocycles. The van der Waals surface area contributed by atoms with Crippen LogP contribution in [0.2, 0.25) is 0 Å². The molecule has 0 atom stereocenters. The van der Waals surface area contributed by atoms with Crippen molar-refractivity contribution in [2.75, 3.05) is 14.1 Å². The van der Waals surface area contributed by atoms with Crippen molar-refractivity contribution in [2.24, 2.45) is 0 Å². The van der Waals surface area contributed by atoms with Gasteiger partial charge in [-0.05, 0) is 12.1 Å². The van der Waals surface area contributed by atoms with Crippen LogP contribution < -0.4 is 4.74 Å². The lowest BCUT2D eigenvalue weighted by Gasteiger charge is -2.09. The molecule has 1 rings (SSSR count). The second-order valence-corrected chi connectivity index (χ2v) is 2.45. The van der Waals surface area contributed by atoms with Gasteiger partial charge < -0.3 is 9.64 Å². The van der Waals surface area contributed by atoms with Crippen LogP contribution in [-0.4, -0.2) is 30.1 Å². The molecule has 1 aromatic rings. The Morgan fingerprint density at radius 3 is 2.50 bits per heavy atom. The molecule has 1 amide bonds. The van der Waals surface area contributed by atoms with E-state index >= 15 is 0 Å². The maximum absolute atomic E-state index is 11.0. The van der Waals surface area contributed by atoms with Crippen LogP contribution >= 0.6 is 0 Å². The lowest BCUT2D eigenvalue weighted by atomic mass is 10.5. The predicted molar refractivity (Wildman–Crippen MR) is 43.9 cm³/mol. The van der Waals surface area contributed by atoms with E-state index in [1.54, 1.807) is 38.6 Å². The van der Waals surface area contributed by atoms with Gasteiger partial charge in [0.1, 0.15) is 5.75 Å². The second kappa shape index (κ2) is 3.71. The number of hydrogen-bond acceptors (Lipinski definition) is 3. The van der Waals surface area contributed by atoms with E-state index in [0.717, 1.165) is 0 Å². The summed E-state index contributed by atoms with van der Waals surface area (Å²) in [5.41, 5.74) is 0. The monoisotopic (exact) mass is 166 g/mol. The zero-order chi connectivity index (χ0) is 8.97.